The number of benzene rings is 2. The zero-order valence-electron chi connectivity index (χ0n) is 15.3. The molecule has 2 heterocycles. The Bertz CT molecular complexity index is 1030. The van der Waals surface area contributed by atoms with Gasteiger partial charge in [0.1, 0.15) is 0 Å². The Hall–Kier alpha value is -3.61. The van der Waals surface area contributed by atoms with E-state index in [1.165, 1.54) is 19.2 Å². The summed E-state index contributed by atoms with van der Waals surface area (Å²) >= 11 is 0. The highest BCUT2D eigenvalue weighted by molar-refractivity contribution is 5.95. The number of rotatable bonds is 4. The van der Waals surface area contributed by atoms with E-state index in [0.29, 0.717) is 13.1 Å². The van der Waals surface area contributed by atoms with Gasteiger partial charge in [0, 0.05) is 36.6 Å². The van der Waals surface area contributed by atoms with Gasteiger partial charge in [0.15, 0.2) is 5.75 Å². The summed E-state index contributed by atoms with van der Waals surface area (Å²) in [4.78, 5) is 25.9. The standard InChI is InChI=1S/C21H19N3O4/c1-28-19-10-9-16(14-18(19)24(26)27)21(25)23-13-12-22-11-5-8-17(22)20(23)15-6-3-2-4-7-15/h2-11,14,20H,12-13H2,1H3. The Morgan fingerprint density at radius 3 is 2.61 bits per heavy atom. The fourth-order valence-electron chi connectivity index (χ4n) is 3.72. The summed E-state index contributed by atoms with van der Waals surface area (Å²) < 4.78 is 7.18. The molecule has 142 valence electrons. The van der Waals surface area contributed by atoms with Crippen molar-refractivity contribution in [3.63, 3.8) is 0 Å². The highest BCUT2D eigenvalue weighted by atomic mass is 16.6. The van der Waals surface area contributed by atoms with Gasteiger partial charge in [0.25, 0.3) is 5.91 Å². The van der Waals surface area contributed by atoms with E-state index in [-0.39, 0.29) is 28.9 Å². The monoisotopic (exact) mass is 377 g/mol. The maximum absolute atomic E-state index is 13.3. The summed E-state index contributed by atoms with van der Waals surface area (Å²) in [5, 5.41) is 11.3. The molecule has 1 aliphatic rings. The number of nitro benzene ring substituents is 1. The molecule has 28 heavy (non-hydrogen) atoms. The topological polar surface area (TPSA) is 77.6 Å². The number of nitro groups is 1. The number of carbonyl (C=O) groups excluding carboxylic acids is 1. The van der Waals surface area contributed by atoms with Gasteiger partial charge in [0.2, 0.25) is 0 Å². The molecular weight excluding hydrogens is 358 g/mol. The van der Waals surface area contributed by atoms with Crippen molar-refractivity contribution in [3.05, 3.63) is 93.8 Å². The zero-order valence-corrected chi connectivity index (χ0v) is 15.3. The quantitative estimate of drug-likeness (QED) is 0.514. The summed E-state index contributed by atoms with van der Waals surface area (Å²) in [6.07, 6.45) is 2.01. The van der Waals surface area contributed by atoms with E-state index in [4.69, 9.17) is 4.74 Å². The molecule has 0 spiro atoms. The second-order valence-electron chi connectivity index (χ2n) is 6.58. The number of aromatic nitrogens is 1. The molecule has 7 heteroatoms. The number of hydrogen-bond donors (Lipinski definition) is 0. The Morgan fingerprint density at radius 1 is 1.11 bits per heavy atom. The van der Waals surface area contributed by atoms with E-state index in [0.717, 1.165) is 11.3 Å². The molecule has 0 aliphatic carbocycles. The normalized spacial score (nSPS) is 15.8. The van der Waals surface area contributed by atoms with Gasteiger partial charge in [-0.2, -0.15) is 0 Å². The van der Waals surface area contributed by atoms with Crippen LogP contribution in [0, 0.1) is 10.1 Å². The van der Waals surface area contributed by atoms with Crippen LogP contribution in [-0.2, 0) is 6.54 Å². The summed E-state index contributed by atoms with van der Waals surface area (Å²) in [6.45, 7) is 1.19. The zero-order chi connectivity index (χ0) is 19.7. The molecule has 0 bridgehead atoms. The maximum atomic E-state index is 13.3. The first-order valence-electron chi connectivity index (χ1n) is 8.93. The average Bonchev–Trinajstić information content (AvgIpc) is 3.21. The second kappa shape index (κ2) is 7.19. The lowest BCUT2D eigenvalue weighted by Gasteiger charge is -2.37. The molecule has 1 atom stereocenters. The smallest absolute Gasteiger partial charge is 0.311 e. The lowest BCUT2D eigenvalue weighted by atomic mass is 9.99. The molecule has 0 fully saturated rings. The molecule has 1 aromatic heterocycles. The van der Waals surface area contributed by atoms with E-state index < -0.39 is 4.92 Å². The van der Waals surface area contributed by atoms with Gasteiger partial charge in [-0.15, -0.1) is 0 Å². The number of fused-ring (bicyclic) bond motifs is 1. The van der Waals surface area contributed by atoms with E-state index in [1.807, 2.05) is 48.7 Å². The third kappa shape index (κ3) is 3.00. The first-order valence-corrected chi connectivity index (χ1v) is 8.93. The van der Waals surface area contributed by atoms with Crippen LogP contribution in [0.4, 0.5) is 5.69 Å². The molecule has 0 saturated heterocycles. The predicted molar refractivity (Wildman–Crippen MR) is 103 cm³/mol. The van der Waals surface area contributed by atoms with Crippen molar-refractivity contribution in [1.29, 1.82) is 0 Å². The van der Waals surface area contributed by atoms with Crippen LogP contribution in [0.25, 0.3) is 0 Å². The van der Waals surface area contributed by atoms with E-state index >= 15 is 0 Å². The van der Waals surface area contributed by atoms with Crippen molar-refractivity contribution in [2.75, 3.05) is 13.7 Å². The maximum Gasteiger partial charge on any atom is 0.311 e. The summed E-state index contributed by atoms with van der Waals surface area (Å²) in [7, 11) is 1.37. The highest BCUT2D eigenvalue weighted by Gasteiger charge is 2.33. The first kappa shape index (κ1) is 17.8. The summed E-state index contributed by atoms with van der Waals surface area (Å²) in [5.41, 5.74) is 2.07. The summed E-state index contributed by atoms with van der Waals surface area (Å²) in [5.74, 6) is -0.110. The molecule has 0 radical (unpaired) electrons. The molecule has 4 rings (SSSR count). The van der Waals surface area contributed by atoms with Gasteiger partial charge in [-0.1, -0.05) is 30.3 Å². The lowest BCUT2D eigenvalue weighted by molar-refractivity contribution is -0.385. The molecule has 1 aliphatic heterocycles. The van der Waals surface area contributed by atoms with Crippen LogP contribution in [0.5, 0.6) is 5.75 Å². The molecule has 0 saturated carbocycles. The van der Waals surface area contributed by atoms with Crippen LogP contribution in [-0.4, -0.2) is 34.0 Å². The number of ether oxygens (including phenoxy) is 1. The van der Waals surface area contributed by atoms with Crippen molar-refractivity contribution in [1.82, 2.24) is 9.47 Å². The van der Waals surface area contributed by atoms with Gasteiger partial charge in [0.05, 0.1) is 18.1 Å². The van der Waals surface area contributed by atoms with Crippen LogP contribution in [0.1, 0.15) is 27.7 Å². The SMILES string of the molecule is COc1ccc(C(=O)N2CCn3cccc3C2c2ccccc2)cc1[N+](=O)[O-]. The average molecular weight is 377 g/mol. The van der Waals surface area contributed by atoms with Crippen LogP contribution in [0.3, 0.4) is 0 Å². The van der Waals surface area contributed by atoms with Crippen molar-refractivity contribution in [3.8, 4) is 5.75 Å². The van der Waals surface area contributed by atoms with Crippen molar-refractivity contribution in [2.24, 2.45) is 0 Å². The third-order valence-corrected chi connectivity index (χ3v) is 5.04. The number of methoxy groups -OCH3 is 1. The van der Waals surface area contributed by atoms with E-state index in [9.17, 15) is 14.9 Å². The van der Waals surface area contributed by atoms with Gasteiger partial charge in [-0.25, -0.2) is 0 Å². The largest absolute Gasteiger partial charge is 0.490 e. The second-order valence-corrected chi connectivity index (χ2v) is 6.58. The van der Waals surface area contributed by atoms with Gasteiger partial charge >= 0.3 is 5.69 Å². The minimum absolute atomic E-state index is 0.133. The van der Waals surface area contributed by atoms with Crippen LogP contribution >= 0.6 is 0 Å². The van der Waals surface area contributed by atoms with E-state index in [1.54, 1.807) is 11.0 Å². The lowest BCUT2D eigenvalue weighted by Crippen LogP contribution is -2.42. The Kier molecular flexibility index (Phi) is 4.57. The van der Waals surface area contributed by atoms with Crippen molar-refractivity contribution < 1.29 is 14.5 Å². The molecular formula is C21H19N3O4. The third-order valence-electron chi connectivity index (χ3n) is 5.04. The molecule has 1 amide bonds. The first-order chi connectivity index (χ1) is 13.6. The van der Waals surface area contributed by atoms with Crippen LogP contribution < -0.4 is 4.74 Å². The number of hydrogen-bond acceptors (Lipinski definition) is 4. The van der Waals surface area contributed by atoms with Crippen LogP contribution in [0.15, 0.2) is 66.9 Å². The van der Waals surface area contributed by atoms with Gasteiger partial charge < -0.3 is 14.2 Å². The molecule has 7 nitrogen and oxygen atoms in total. The Balaban J connectivity index is 1.76. The molecule has 0 N–H and O–H groups in total. The van der Waals surface area contributed by atoms with Gasteiger partial charge in [-0.05, 0) is 29.8 Å². The Morgan fingerprint density at radius 2 is 1.89 bits per heavy atom. The molecule has 1 unspecified atom stereocenters. The van der Waals surface area contributed by atoms with Crippen LogP contribution in [0.2, 0.25) is 0 Å². The van der Waals surface area contributed by atoms with Gasteiger partial charge in [-0.3, -0.25) is 14.9 Å². The predicted octanol–water partition coefficient (Wildman–Crippen LogP) is 3.65. The van der Waals surface area contributed by atoms with Crippen molar-refractivity contribution in [2.45, 2.75) is 12.6 Å². The minimum atomic E-state index is -0.536. The number of carbonyl (C=O) groups is 1. The Labute approximate surface area is 161 Å². The molecule has 3 aromatic rings. The summed E-state index contributed by atoms with van der Waals surface area (Å²) in [6, 6.07) is 17.9. The number of amides is 1. The molecule has 2 aromatic carbocycles. The fraction of sp³-hybridized carbons (Fsp3) is 0.190. The van der Waals surface area contributed by atoms with Crippen molar-refractivity contribution >= 4 is 11.6 Å². The highest BCUT2D eigenvalue weighted by Crippen LogP contribution is 2.35. The minimum Gasteiger partial charge on any atom is -0.490 e. The van der Waals surface area contributed by atoms with E-state index in [2.05, 4.69) is 4.57 Å². The fourth-order valence-corrected chi connectivity index (χ4v) is 3.72. The number of nitrogens with zero attached hydrogens (tertiary/aromatic N) is 3.